The smallest absolute Gasteiger partial charge is 0.162 e. The van der Waals surface area contributed by atoms with Crippen LogP contribution in [0.25, 0.3) is 0 Å². The highest BCUT2D eigenvalue weighted by Crippen LogP contribution is 2.37. The molecule has 2 aromatic carbocycles. The fraction of sp³-hybridized carbons (Fsp3) is 0.200. The van der Waals surface area contributed by atoms with Gasteiger partial charge in [-0.15, -0.1) is 0 Å². The molecule has 3 N–H and O–H groups in total. The highest BCUT2D eigenvalue weighted by molar-refractivity contribution is 6.33. The van der Waals surface area contributed by atoms with Gasteiger partial charge in [0.25, 0.3) is 0 Å². The van der Waals surface area contributed by atoms with Crippen LogP contribution in [0, 0.1) is 6.92 Å². The van der Waals surface area contributed by atoms with E-state index in [2.05, 4.69) is 5.32 Å². The van der Waals surface area contributed by atoms with Gasteiger partial charge < -0.3 is 20.5 Å². The van der Waals surface area contributed by atoms with E-state index >= 15 is 0 Å². The van der Waals surface area contributed by atoms with Gasteiger partial charge in [0.15, 0.2) is 11.5 Å². The van der Waals surface area contributed by atoms with E-state index in [1.165, 1.54) is 0 Å². The van der Waals surface area contributed by atoms with Crippen molar-refractivity contribution in [3.05, 3.63) is 40.9 Å². The minimum Gasteiger partial charge on any atom is -0.493 e. The summed E-state index contributed by atoms with van der Waals surface area (Å²) in [4.78, 5) is 0. The largest absolute Gasteiger partial charge is 0.493 e. The van der Waals surface area contributed by atoms with Crippen molar-refractivity contribution in [2.45, 2.75) is 6.92 Å². The van der Waals surface area contributed by atoms with Gasteiger partial charge in [0.1, 0.15) is 0 Å². The average Bonchev–Trinajstić information content (AvgIpc) is 2.43. The van der Waals surface area contributed by atoms with Crippen LogP contribution < -0.4 is 20.5 Å². The van der Waals surface area contributed by atoms with Gasteiger partial charge in [-0.3, -0.25) is 0 Å². The summed E-state index contributed by atoms with van der Waals surface area (Å²) in [7, 11) is 3.15. The van der Waals surface area contributed by atoms with Crippen molar-refractivity contribution in [1.82, 2.24) is 0 Å². The lowest BCUT2D eigenvalue weighted by atomic mass is 10.2. The van der Waals surface area contributed by atoms with Crippen LogP contribution in [0.3, 0.4) is 0 Å². The topological polar surface area (TPSA) is 56.5 Å². The van der Waals surface area contributed by atoms with Gasteiger partial charge in [-0.2, -0.15) is 0 Å². The molecule has 106 valence electrons. The van der Waals surface area contributed by atoms with E-state index in [9.17, 15) is 0 Å². The molecule has 0 aromatic heterocycles. The molecule has 2 rings (SSSR count). The van der Waals surface area contributed by atoms with Gasteiger partial charge in [-0.05, 0) is 24.6 Å². The zero-order chi connectivity index (χ0) is 14.7. The van der Waals surface area contributed by atoms with Crippen LogP contribution in [0.15, 0.2) is 30.3 Å². The lowest BCUT2D eigenvalue weighted by molar-refractivity contribution is 0.355. The molecule has 0 spiro atoms. The van der Waals surface area contributed by atoms with Gasteiger partial charge in [0, 0.05) is 12.1 Å². The lowest BCUT2D eigenvalue weighted by Gasteiger charge is -2.15. The van der Waals surface area contributed by atoms with E-state index < -0.39 is 0 Å². The average molecular weight is 293 g/mol. The number of nitrogens with one attached hydrogen (secondary N) is 1. The number of anilines is 3. The Morgan fingerprint density at radius 2 is 1.65 bits per heavy atom. The van der Waals surface area contributed by atoms with Crippen molar-refractivity contribution in [3.63, 3.8) is 0 Å². The van der Waals surface area contributed by atoms with Gasteiger partial charge in [-0.1, -0.05) is 17.7 Å². The number of nitrogen functional groups attached to an aromatic ring is 1. The first-order valence-electron chi connectivity index (χ1n) is 6.10. The summed E-state index contributed by atoms with van der Waals surface area (Å²) in [5.74, 6) is 1.19. The third-order valence-corrected chi connectivity index (χ3v) is 3.26. The van der Waals surface area contributed by atoms with E-state index in [-0.39, 0.29) is 0 Å². The molecule has 0 aliphatic carbocycles. The molecule has 4 nitrogen and oxygen atoms in total. The summed E-state index contributed by atoms with van der Waals surface area (Å²) < 4.78 is 10.5. The zero-order valence-corrected chi connectivity index (χ0v) is 12.4. The molecule has 20 heavy (non-hydrogen) atoms. The van der Waals surface area contributed by atoms with E-state index in [1.54, 1.807) is 26.4 Å². The summed E-state index contributed by atoms with van der Waals surface area (Å²) in [5, 5.41) is 3.84. The highest BCUT2D eigenvalue weighted by atomic mass is 35.5. The standard InChI is InChI=1S/C15H17ClN2O2/c1-9-4-5-12(10(16)6-9)18-13-8-15(20-3)14(19-2)7-11(13)17/h4-8,18H,17H2,1-3H3. The summed E-state index contributed by atoms with van der Waals surface area (Å²) >= 11 is 6.20. The number of methoxy groups -OCH3 is 2. The Hall–Kier alpha value is -2.07. The molecule has 0 fully saturated rings. The molecule has 0 saturated heterocycles. The van der Waals surface area contributed by atoms with Crippen LogP contribution >= 0.6 is 11.6 Å². The van der Waals surface area contributed by atoms with Crippen LogP contribution in [0.5, 0.6) is 11.5 Å². The van der Waals surface area contributed by atoms with Crippen molar-refractivity contribution in [1.29, 1.82) is 0 Å². The summed E-state index contributed by atoms with van der Waals surface area (Å²) in [6.07, 6.45) is 0. The Labute approximate surface area is 123 Å². The number of rotatable bonds is 4. The maximum Gasteiger partial charge on any atom is 0.162 e. The molecule has 5 heteroatoms. The van der Waals surface area contributed by atoms with Crippen molar-refractivity contribution in [2.75, 3.05) is 25.3 Å². The maximum absolute atomic E-state index is 6.20. The Morgan fingerprint density at radius 1 is 1.00 bits per heavy atom. The minimum atomic E-state index is 0.555. The van der Waals surface area contributed by atoms with Gasteiger partial charge in [0.05, 0.1) is 36.3 Å². The Kier molecular flexibility index (Phi) is 4.25. The Bertz CT molecular complexity index is 630. The first-order valence-corrected chi connectivity index (χ1v) is 6.47. The predicted molar refractivity (Wildman–Crippen MR) is 83.4 cm³/mol. The van der Waals surface area contributed by atoms with Crippen LogP contribution in [-0.4, -0.2) is 14.2 Å². The van der Waals surface area contributed by atoms with Gasteiger partial charge in [0.2, 0.25) is 0 Å². The molecule has 0 heterocycles. The first-order chi connectivity index (χ1) is 9.55. The van der Waals surface area contributed by atoms with Crippen molar-refractivity contribution >= 4 is 28.7 Å². The molecule has 0 bridgehead atoms. The summed E-state index contributed by atoms with van der Waals surface area (Å²) in [6, 6.07) is 9.27. The molecule has 0 atom stereocenters. The van der Waals surface area contributed by atoms with Crippen LogP contribution in [0.2, 0.25) is 5.02 Å². The predicted octanol–water partition coefficient (Wildman–Crippen LogP) is 3.99. The normalized spacial score (nSPS) is 10.2. The second-order valence-electron chi connectivity index (χ2n) is 4.40. The molecule has 0 aliphatic heterocycles. The monoisotopic (exact) mass is 292 g/mol. The number of hydrogen-bond donors (Lipinski definition) is 2. The SMILES string of the molecule is COc1cc(N)c(Nc2ccc(C)cc2Cl)cc1OC. The summed E-state index contributed by atoms with van der Waals surface area (Å²) in [6.45, 7) is 1.99. The third kappa shape index (κ3) is 2.91. The van der Waals surface area contributed by atoms with Crippen LogP contribution in [0.4, 0.5) is 17.1 Å². The lowest BCUT2D eigenvalue weighted by Crippen LogP contribution is -2.00. The van der Waals surface area contributed by atoms with E-state index in [0.717, 1.165) is 11.3 Å². The molecule has 0 unspecified atom stereocenters. The number of hydrogen-bond acceptors (Lipinski definition) is 4. The van der Waals surface area contributed by atoms with Crippen molar-refractivity contribution < 1.29 is 9.47 Å². The second-order valence-corrected chi connectivity index (χ2v) is 4.81. The number of benzene rings is 2. The number of ether oxygens (including phenoxy) is 2. The fourth-order valence-corrected chi connectivity index (χ4v) is 2.15. The maximum atomic E-state index is 6.20. The second kappa shape index (κ2) is 5.92. The Morgan fingerprint density at radius 3 is 2.25 bits per heavy atom. The minimum absolute atomic E-state index is 0.555. The van der Waals surface area contributed by atoms with Gasteiger partial charge in [-0.25, -0.2) is 0 Å². The van der Waals surface area contributed by atoms with E-state index in [1.807, 2.05) is 25.1 Å². The molecule has 2 aromatic rings. The zero-order valence-electron chi connectivity index (χ0n) is 11.7. The van der Waals surface area contributed by atoms with Crippen LogP contribution in [0.1, 0.15) is 5.56 Å². The number of halogens is 1. The summed E-state index contributed by atoms with van der Waals surface area (Å²) in [5.41, 5.74) is 9.16. The van der Waals surface area contributed by atoms with Crippen molar-refractivity contribution in [2.24, 2.45) is 0 Å². The first kappa shape index (κ1) is 14.3. The quantitative estimate of drug-likeness (QED) is 0.837. The van der Waals surface area contributed by atoms with Crippen molar-refractivity contribution in [3.8, 4) is 11.5 Å². The number of nitrogens with two attached hydrogens (primary N) is 1. The highest BCUT2D eigenvalue weighted by Gasteiger charge is 2.10. The molecule has 0 radical (unpaired) electrons. The molecule has 0 saturated carbocycles. The molecule has 0 amide bonds. The molecular formula is C15H17ClN2O2. The third-order valence-electron chi connectivity index (χ3n) is 2.95. The number of aryl methyl sites for hydroxylation is 1. The van der Waals surface area contributed by atoms with Gasteiger partial charge >= 0.3 is 0 Å². The van der Waals surface area contributed by atoms with E-state index in [0.29, 0.717) is 27.9 Å². The Balaban J connectivity index is 2.38. The molecule has 0 aliphatic rings. The van der Waals surface area contributed by atoms with Crippen LogP contribution in [-0.2, 0) is 0 Å². The van der Waals surface area contributed by atoms with E-state index in [4.69, 9.17) is 26.8 Å². The molecular weight excluding hydrogens is 276 g/mol. The fourth-order valence-electron chi connectivity index (χ4n) is 1.87.